The number of pyridine rings is 1. The summed E-state index contributed by atoms with van der Waals surface area (Å²) in [6.45, 7) is 0. The van der Waals surface area contributed by atoms with E-state index in [1.54, 1.807) is 0 Å². The van der Waals surface area contributed by atoms with E-state index in [0.717, 1.165) is 0 Å². The second kappa shape index (κ2) is 4.41. The van der Waals surface area contributed by atoms with Gasteiger partial charge in [0, 0.05) is 24.0 Å². The molecule has 1 aromatic rings. The van der Waals surface area contributed by atoms with Crippen LogP contribution in [0.2, 0.25) is 0 Å². The van der Waals surface area contributed by atoms with Gasteiger partial charge in [-0.05, 0) is 0 Å². The molecule has 2 atom stereocenters. The summed E-state index contributed by atoms with van der Waals surface area (Å²) in [7, 11) is 0. The quantitative estimate of drug-likeness (QED) is 0.606. The molecule has 5 heteroatoms. The molecule has 0 fully saturated rings. The van der Waals surface area contributed by atoms with Crippen LogP contribution < -0.4 is 5.43 Å². The van der Waals surface area contributed by atoms with Crippen LogP contribution in [-0.2, 0) is 0 Å². The Balaban J connectivity index is 2.95. The highest BCUT2D eigenvalue weighted by Crippen LogP contribution is 2.12. The molecule has 2 unspecified atom stereocenters. The first-order chi connectivity index (χ1) is 6.16. The van der Waals surface area contributed by atoms with Gasteiger partial charge in [-0.2, -0.15) is 0 Å². The number of aliphatic hydroxyl groups excluding tert-OH is 2. The van der Waals surface area contributed by atoms with Crippen molar-refractivity contribution in [3.8, 4) is 0 Å². The highest BCUT2D eigenvalue weighted by molar-refractivity contribution is 6.18. The molecule has 0 saturated carbocycles. The fourth-order valence-corrected chi connectivity index (χ4v) is 1.12. The summed E-state index contributed by atoms with van der Waals surface area (Å²) < 4.78 is 0. The molecule has 1 aromatic heterocycles. The average molecular weight is 204 g/mol. The second-order valence-electron chi connectivity index (χ2n) is 2.63. The Morgan fingerprint density at radius 1 is 1.54 bits per heavy atom. The van der Waals surface area contributed by atoms with Gasteiger partial charge in [0.15, 0.2) is 5.43 Å². The Labute approximate surface area is 79.8 Å². The highest BCUT2D eigenvalue weighted by Gasteiger charge is 2.19. The zero-order valence-electron chi connectivity index (χ0n) is 6.77. The van der Waals surface area contributed by atoms with E-state index in [2.05, 4.69) is 4.98 Å². The highest BCUT2D eigenvalue weighted by atomic mass is 35.5. The van der Waals surface area contributed by atoms with Gasteiger partial charge in [0.05, 0.1) is 12.0 Å². The molecule has 0 amide bonds. The number of hydrogen-bond acceptors (Lipinski definition) is 3. The zero-order valence-corrected chi connectivity index (χ0v) is 7.53. The van der Waals surface area contributed by atoms with Gasteiger partial charge in [-0.3, -0.25) is 4.79 Å². The average Bonchev–Trinajstić information content (AvgIpc) is 2.16. The van der Waals surface area contributed by atoms with Crippen LogP contribution in [0.3, 0.4) is 0 Å². The number of aromatic nitrogens is 1. The van der Waals surface area contributed by atoms with Crippen molar-refractivity contribution in [2.24, 2.45) is 0 Å². The maximum atomic E-state index is 11.1. The number of aliphatic hydroxyl groups is 2. The lowest BCUT2D eigenvalue weighted by atomic mass is 10.1. The Morgan fingerprint density at radius 3 is 2.77 bits per heavy atom. The molecular formula is C8H10ClNO3. The summed E-state index contributed by atoms with van der Waals surface area (Å²) in [4.78, 5) is 13.8. The number of rotatable bonds is 3. The van der Waals surface area contributed by atoms with Crippen LogP contribution in [-0.4, -0.2) is 27.2 Å². The van der Waals surface area contributed by atoms with Crippen molar-refractivity contribution in [2.75, 3.05) is 5.88 Å². The number of nitrogens with one attached hydrogen (secondary N) is 1. The van der Waals surface area contributed by atoms with Crippen LogP contribution >= 0.6 is 11.6 Å². The molecule has 0 aromatic carbocycles. The number of hydrogen-bond donors (Lipinski definition) is 3. The molecule has 1 rings (SSSR count). The minimum Gasteiger partial charge on any atom is -0.389 e. The minimum absolute atomic E-state index is 0.116. The van der Waals surface area contributed by atoms with E-state index in [4.69, 9.17) is 16.7 Å². The lowest BCUT2D eigenvalue weighted by Gasteiger charge is -2.14. The molecular weight excluding hydrogens is 194 g/mol. The second-order valence-corrected chi connectivity index (χ2v) is 2.94. The molecule has 4 nitrogen and oxygen atoms in total. The van der Waals surface area contributed by atoms with Gasteiger partial charge in [-0.1, -0.05) is 0 Å². The Bertz CT molecular complexity index is 325. The number of aromatic amines is 1. The normalized spacial score (nSPS) is 15.3. The minimum atomic E-state index is -1.23. The summed E-state index contributed by atoms with van der Waals surface area (Å²) in [5.74, 6) is -0.116. The maximum absolute atomic E-state index is 11.1. The van der Waals surface area contributed by atoms with Crippen LogP contribution in [0.1, 0.15) is 11.7 Å². The standard InChI is InChI=1S/C8H10ClNO3/c9-3-7(12)8(13)5-4-10-2-1-6(5)11/h1-2,4,7-8,12-13H,3H2,(H,10,11). The largest absolute Gasteiger partial charge is 0.389 e. The summed E-state index contributed by atoms with van der Waals surface area (Å²) in [6.07, 6.45) is 0.446. The molecule has 0 spiro atoms. The van der Waals surface area contributed by atoms with Crippen molar-refractivity contribution in [1.82, 2.24) is 4.98 Å². The van der Waals surface area contributed by atoms with Gasteiger partial charge in [0.2, 0.25) is 0 Å². The first-order valence-electron chi connectivity index (χ1n) is 3.76. The van der Waals surface area contributed by atoms with E-state index in [9.17, 15) is 9.90 Å². The fourth-order valence-electron chi connectivity index (χ4n) is 0.952. The Morgan fingerprint density at radius 2 is 2.23 bits per heavy atom. The number of halogens is 1. The lowest BCUT2D eigenvalue weighted by molar-refractivity contribution is 0.0319. The third-order valence-corrected chi connectivity index (χ3v) is 2.01. The van der Waals surface area contributed by atoms with Gasteiger partial charge < -0.3 is 15.2 Å². The van der Waals surface area contributed by atoms with Gasteiger partial charge >= 0.3 is 0 Å². The molecule has 0 aliphatic heterocycles. The van der Waals surface area contributed by atoms with E-state index in [0.29, 0.717) is 0 Å². The van der Waals surface area contributed by atoms with Gasteiger partial charge in [0.1, 0.15) is 6.10 Å². The smallest absolute Gasteiger partial charge is 0.187 e. The predicted molar refractivity (Wildman–Crippen MR) is 48.7 cm³/mol. The molecule has 1 heterocycles. The molecule has 0 radical (unpaired) electrons. The first-order valence-corrected chi connectivity index (χ1v) is 4.29. The molecule has 0 saturated heterocycles. The van der Waals surface area contributed by atoms with E-state index >= 15 is 0 Å². The molecule has 13 heavy (non-hydrogen) atoms. The third kappa shape index (κ3) is 2.30. The van der Waals surface area contributed by atoms with Crippen molar-refractivity contribution in [1.29, 1.82) is 0 Å². The van der Waals surface area contributed by atoms with Crippen molar-refractivity contribution >= 4 is 11.6 Å². The monoisotopic (exact) mass is 203 g/mol. The van der Waals surface area contributed by atoms with Crippen LogP contribution in [0.15, 0.2) is 23.3 Å². The summed E-state index contributed by atoms with van der Waals surface area (Å²) in [5, 5.41) is 18.6. The van der Waals surface area contributed by atoms with Crippen LogP contribution in [0.5, 0.6) is 0 Å². The molecule has 72 valence electrons. The van der Waals surface area contributed by atoms with Crippen molar-refractivity contribution < 1.29 is 10.2 Å². The first kappa shape index (κ1) is 10.2. The van der Waals surface area contributed by atoms with Crippen molar-refractivity contribution in [3.05, 3.63) is 34.2 Å². The van der Waals surface area contributed by atoms with Crippen LogP contribution in [0.25, 0.3) is 0 Å². The molecule has 3 N–H and O–H groups in total. The number of alkyl halides is 1. The van der Waals surface area contributed by atoms with Gasteiger partial charge in [0.25, 0.3) is 0 Å². The van der Waals surface area contributed by atoms with E-state index in [1.807, 2.05) is 0 Å². The van der Waals surface area contributed by atoms with Crippen LogP contribution in [0, 0.1) is 0 Å². The van der Waals surface area contributed by atoms with Crippen LogP contribution in [0.4, 0.5) is 0 Å². The van der Waals surface area contributed by atoms with Crippen molar-refractivity contribution in [2.45, 2.75) is 12.2 Å². The Hall–Kier alpha value is -0.840. The topological polar surface area (TPSA) is 73.3 Å². The third-order valence-electron chi connectivity index (χ3n) is 1.70. The summed E-state index contributed by atoms with van der Waals surface area (Å²) >= 11 is 5.33. The molecule has 0 bridgehead atoms. The van der Waals surface area contributed by atoms with Gasteiger partial charge in [-0.15, -0.1) is 11.6 Å². The molecule has 0 aliphatic rings. The lowest BCUT2D eigenvalue weighted by Crippen LogP contribution is -2.24. The van der Waals surface area contributed by atoms with Crippen molar-refractivity contribution in [3.63, 3.8) is 0 Å². The zero-order chi connectivity index (χ0) is 9.84. The summed E-state index contributed by atoms with van der Waals surface area (Å²) in [6, 6.07) is 1.28. The summed E-state index contributed by atoms with van der Waals surface area (Å²) in [5.41, 5.74) is -0.203. The predicted octanol–water partition coefficient (Wildman–Crippen LogP) is 0.00800. The Kier molecular flexibility index (Phi) is 3.48. The van der Waals surface area contributed by atoms with Gasteiger partial charge in [-0.25, -0.2) is 0 Å². The maximum Gasteiger partial charge on any atom is 0.187 e. The van der Waals surface area contributed by atoms with E-state index < -0.39 is 12.2 Å². The van der Waals surface area contributed by atoms with E-state index in [-0.39, 0.29) is 16.9 Å². The SMILES string of the molecule is O=c1cc[nH]cc1C(O)C(O)CCl. The van der Waals surface area contributed by atoms with E-state index in [1.165, 1.54) is 18.5 Å². The fraction of sp³-hybridized carbons (Fsp3) is 0.375. The number of H-pyrrole nitrogens is 1. The molecule has 0 aliphatic carbocycles.